The maximum absolute atomic E-state index is 12.7. The zero-order valence-corrected chi connectivity index (χ0v) is 14.7. The second-order valence-electron chi connectivity index (χ2n) is 6.16. The molecule has 0 aliphatic carbocycles. The van der Waals surface area contributed by atoms with E-state index in [1.54, 1.807) is 47.0 Å². The summed E-state index contributed by atoms with van der Waals surface area (Å²) >= 11 is 6.11. The monoisotopic (exact) mass is 372 g/mol. The lowest BCUT2D eigenvalue weighted by atomic mass is 10.0. The highest BCUT2D eigenvalue weighted by molar-refractivity contribution is 6.35. The second-order valence-corrected chi connectivity index (χ2v) is 6.57. The molecule has 26 heavy (non-hydrogen) atoms. The molecule has 0 atom stereocenters. The third kappa shape index (κ3) is 3.19. The van der Waals surface area contributed by atoms with Crippen LogP contribution in [-0.2, 0) is 11.4 Å². The summed E-state index contributed by atoms with van der Waals surface area (Å²) < 4.78 is 12.3. The molecule has 2 heterocycles. The Hall–Kier alpha value is -2.41. The summed E-state index contributed by atoms with van der Waals surface area (Å²) in [5.74, 6) is -0.644. The van der Waals surface area contributed by atoms with E-state index in [4.69, 9.17) is 20.8 Å². The van der Waals surface area contributed by atoms with Crippen LogP contribution >= 0.6 is 11.6 Å². The summed E-state index contributed by atoms with van der Waals surface area (Å²) in [4.78, 5) is 27.1. The van der Waals surface area contributed by atoms with Crippen molar-refractivity contribution in [3.05, 3.63) is 69.2 Å². The Kier molecular flexibility index (Phi) is 4.63. The number of carbonyl (C=O) groups excluding carboxylic acids is 1. The maximum Gasteiger partial charge on any atom is 0.421 e. The molecule has 0 N–H and O–H groups in total. The van der Waals surface area contributed by atoms with Gasteiger partial charge in [-0.05, 0) is 30.3 Å². The predicted octanol–water partition coefficient (Wildman–Crippen LogP) is 2.77. The Bertz CT molecular complexity index is 1020. The molecule has 0 spiro atoms. The highest BCUT2D eigenvalue weighted by Gasteiger charge is 2.18. The first-order valence-corrected chi connectivity index (χ1v) is 8.74. The molecule has 4 rings (SSSR count). The van der Waals surface area contributed by atoms with Crippen LogP contribution in [0.1, 0.15) is 15.9 Å². The van der Waals surface area contributed by atoms with Crippen LogP contribution < -0.4 is 5.76 Å². The lowest BCUT2D eigenvalue weighted by Gasteiger charge is -2.26. The number of halogens is 1. The van der Waals surface area contributed by atoms with E-state index in [-0.39, 0.29) is 5.78 Å². The summed E-state index contributed by atoms with van der Waals surface area (Å²) in [5, 5.41) is 0.393. The Balaban J connectivity index is 1.67. The molecule has 3 aromatic rings. The third-order valence-electron chi connectivity index (χ3n) is 4.49. The molecule has 6 nitrogen and oxygen atoms in total. The number of rotatable bonds is 4. The van der Waals surface area contributed by atoms with Gasteiger partial charge in [-0.2, -0.15) is 0 Å². The average Bonchev–Trinajstić information content (AvgIpc) is 2.97. The predicted molar refractivity (Wildman–Crippen MR) is 97.8 cm³/mol. The molecular formula is C19H17ClN2O4. The lowest BCUT2D eigenvalue weighted by molar-refractivity contribution is 0.0230. The van der Waals surface area contributed by atoms with E-state index in [1.165, 1.54) is 0 Å². The Morgan fingerprint density at radius 1 is 1.12 bits per heavy atom. The van der Waals surface area contributed by atoms with Crippen LogP contribution in [0.2, 0.25) is 5.02 Å². The zero-order valence-electron chi connectivity index (χ0n) is 14.0. The third-order valence-corrected chi connectivity index (χ3v) is 4.82. The van der Waals surface area contributed by atoms with Gasteiger partial charge in [-0.25, -0.2) is 4.79 Å². The molecule has 0 unspecified atom stereocenters. The van der Waals surface area contributed by atoms with Gasteiger partial charge in [-0.3, -0.25) is 14.3 Å². The molecule has 7 heteroatoms. The fraction of sp³-hybridized carbons (Fsp3) is 0.263. The highest BCUT2D eigenvalue weighted by atomic mass is 35.5. The fourth-order valence-electron chi connectivity index (χ4n) is 3.08. The number of ether oxygens (including phenoxy) is 1. The number of benzene rings is 2. The van der Waals surface area contributed by atoms with Gasteiger partial charge in [-0.1, -0.05) is 23.7 Å². The molecule has 0 bridgehead atoms. The molecule has 1 aliphatic rings. The van der Waals surface area contributed by atoms with Gasteiger partial charge >= 0.3 is 5.76 Å². The molecule has 1 fully saturated rings. The molecule has 2 aromatic carbocycles. The molecule has 0 saturated carbocycles. The largest absolute Gasteiger partial charge is 0.421 e. The number of aromatic nitrogens is 1. The van der Waals surface area contributed by atoms with Crippen molar-refractivity contribution in [3.63, 3.8) is 0 Å². The van der Waals surface area contributed by atoms with E-state index >= 15 is 0 Å². The molecule has 1 aliphatic heterocycles. The Morgan fingerprint density at radius 2 is 1.88 bits per heavy atom. The van der Waals surface area contributed by atoms with E-state index < -0.39 is 5.76 Å². The first-order chi connectivity index (χ1) is 12.6. The number of hydrogen-bond donors (Lipinski definition) is 0. The van der Waals surface area contributed by atoms with Crippen LogP contribution in [-0.4, -0.2) is 41.6 Å². The van der Waals surface area contributed by atoms with Crippen LogP contribution in [0.15, 0.2) is 51.7 Å². The minimum Gasteiger partial charge on any atom is -0.408 e. The normalized spacial score (nSPS) is 15.4. The van der Waals surface area contributed by atoms with Gasteiger partial charge in [0.1, 0.15) is 0 Å². The topological polar surface area (TPSA) is 64.7 Å². The average molecular weight is 373 g/mol. The van der Waals surface area contributed by atoms with Crippen LogP contribution in [0.3, 0.4) is 0 Å². The van der Waals surface area contributed by atoms with Crippen molar-refractivity contribution in [3.8, 4) is 0 Å². The van der Waals surface area contributed by atoms with Crippen LogP contribution in [0.25, 0.3) is 11.1 Å². The first kappa shape index (κ1) is 17.0. The summed E-state index contributed by atoms with van der Waals surface area (Å²) in [6, 6.07) is 11.9. The van der Waals surface area contributed by atoms with Crippen molar-refractivity contribution in [2.75, 3.05) is 26.3 Å². The summed E-state index contributed by atoms with van der Waals surface area (Å²) in [6.45, 7) is 3.28. The molecule has 134 valence electrons. The van der Waals surface area contributed by atoms with E-state index in [1.807, 2.05) is 0 Å². The summed E-state index contributed by atoms with van der Waals surface area (Å²) in [6.07, 6.45) is 0. The van der Waals surface area contributed by atoms with Crippen molar-refractivity contribution < 1.29 is 13.9 Å². The first-order valence-electron chi connectivity index (χ1n) is 8.36. The molecule has 1 saturated heterocycles. The summed E-state index contributed by atoms with van der Waals surface area (Å²) in [5.41, 5.74) is 1.90. The molecule has 1 aromatic heterocycles. The van der Waals surface area contributed by atoms with E-state index in [2.05, 4.69) is 4.90 Å². The lowest BCUT2D eigenvalue weighted by Crippen LogP contribution is -2.39. The SMILES string of the molecule is O=C(c1ccc2c(c1)oc(=O)n2CN1CCOCC1)c1ccccc1Cl. The van der Waals surface area contributed by atoms with Gasteiger partial charge in [0, 0.05) is 24.2 Å². The molecule has 0 amide bonds. The number of ketones is 1. The van der Waals surface area contributed by atoms with Crippen molar-refractivity contribution in [1.29, 1.82) is 0 Å². The van der Waals surface area contributed by atoms with Gasteiger partial charge < -0.3 is 9.15 Å². The van der Waals surface area contributed by atoms with Gasteiger partial charge in [-0.15, -0.1) is 0 Å². The van der Waals surface area contributed by atoms with Crippen molar-refractivity contribution >= 4 is 28.5 Å². The van der Waals surface area contributed by atoms with E-state index in [0.29, 0.717) is 47.1 Å². The standard InChI is InChI=1S/C19H17ClN2O4/c20-15-4-2-1-3-14(15)18(23)13-5-6-16-17(11-13)26-19(24)22(16)12-21-7-9-25-10-8-21/h1-6,11H,7-10,12H2. The van der Waals surface area contributed by atoms with E-state index in [9.17, 15) is 9.59 Å². The van der Waals surface area contributed by atoms with Crippen molar-refractivity contribution in [1.82, 2.24) is 9.47 Å². The van der Waals surface area contributed by atoms with Gasteiger partial charge in [0.15, 0.2) is 11.4 Å². The van der Waals surface area contributed by atoms with Gasteiger partial charge in [0.05, 0.1) is 30.4 Å². The highest BCUT2D eigenvalue weighted by Crippen LogP contribution is 2.22. The smallest absolute Gasteiger partial charge is 0.408 e. The molecular weight excluding hydrogens is 356 g/mol. The molecule has 0 radical (unpaired) electrons. The van der Waals surface area contributed by atoms with Crippen molar-refractivity contribution in [2.45, 2.75) is 6.67 Å². The Labute approximate surface area is 154 Å². The van der Waals surface area contributed by atoms with Crippen molar-refractivity contribution in [2.24, 2.45) is 0 Å². The van der Waals surface area contributed by atoms with Gasteiger partial charge in [0.25, 0.3) is 0 Å². The second kappa shape index (κ2) is 7.07. The minimum absolute atomic E-state index is 0.207. The number of fused-ring (bicyclic) bond motifs is 1. The van der Waals surface area contributed by atoms with Crippen LogP contribution in [0.4, 0.5) is 0 Å². The quantitative estimate of drug-likeness (QED) is 0.659. The number of carbonyl (C=O) groups is 1. The summed E-state index contributed by atoms with van der Waals surface area (Å²) in [7, 11) is 0. The van der Waals surface area contributed by atoms with Gasteiger partial charge in [0.2, 0.25) is 0 Å². The number of hydrogen-bond acceptors (Lipinski definition) is 5. The van der Waals surface area contributed by atoms with Crippen LogP contribution in [0.5, 0.6) is 0 Å². The number of nitrogens with zero attached hydrogens (tertiary/aromatic N) is 2. The minimum atomic E-state index is -0.436. The fourth-order valence-corrected chi connectivity index (χ4v) is 3.31. The number of oxazole rings is 1. The zero-order chi connectivity index (χ0) is 18.1. The maximum atomic E-state index is 12.7. The van der Waals surface area contributed by atoms with Crippen LogP contribution in [0, 0.1) is 0 Å². The van der Waals surface area contributed by atoms with E-state index in [0.717, 1.165) is 13.1 Å². The number of morpholine rings is 1. The Morgan fingerprint density at radius 3 is 2.65 bits per heavy atom.